The van der Waals surface area contributed by atoms with Crippen molar-refractivity contribution in [3.63, 3.8) is 0 Å². The number of rotatable bonds is 4. The van der Waals surface area contributed by atoms with E-state index < -0.39 is 0 Å². The number of aromatic nitrogens is 2. The molecule has 0 unspecified atom stereocenters. The molecule has 3 rings (SSSR count). The molecule has 0 aliphatic carbocycles. The van der Waals surface area contributed by atoms with Crippen molar-refractivity contribution in [2.45, 2.75) is 13.5 Å². The molecule has 2 aromatic rings. The summed E-state index contributed by atoms with van der Waals surface area (Å²) in [6, 6.07) is 7.81. The summed E-state index contributed by atoms with van der Waals surface area (Å²) in [6.07, 6.45) is 0. The van der Waals surface area contributed by atoms with E-state index in [1.165, 1.54) is 0 Å². The lowest BCUT2D eigenvalue weighted by atomic mass is 10.2. The van der Waals surface area contributed by atoms with Crippen LogP contribution in [0.4, 0.5) is 11.8 Å². The van der Waals surface area contributed by atoms with Crippen LogP contribution in [0.15, 0.2) is 24.3 Å². The molecule has 104 valence electrons. The smallest absolute Gasteiger partial charge is 0.231 e. The fourth-order valence-electron chi connectivity index (χ4n) is 2.01. The van der Waals surface area contributed by atoms with Crippen molar-refractivity contribution in [2.75, 3.05) is 24.5 Å². The van der Waals surface area contributed by atoms with E-state index in [1.54, 1.807) is 7.05 Å². The number of hydrogen-bond acceptors (Lipinski definition) is 6. The van der Waals surface area contributed by atoms with Crippen LogP contribution < -0.4 is 20.1 Å². The summed E-state index contributed by atoms with van der Waals surface area (Å²) in [6.45, 7) is 2.90. The number of nitrogens with one attached hydrogen (secondary N) is 2. The highest BCUT2D eigenvalue weighted by molar-refractivity contribution is 5.46. The SMILES string of the molecule is CNc1nc(C)cc(NCc2ccc3c(c2)OCO3)n1. The van der Waals surface area contributed by atoms with Crippen LogP contribution in [0.25, 0.3) is 0 Å². The van der Waals surface area contributed by atoms with Crippen molar-refractivity contribution in [3.8, 4) is 11.5 Å². The number of hydrogen-bond donors (Lipinski definition) is 2. The molecule has 1 aromatic heterocycles. The Kier molecular flexibility index (Phi) is 3.28. The third-order valence-electron chi connectivity index (χ3n) is 2.99. The van der Waals surface area contributed by atoms with Crippen LogP contribution in [0.3, 0.4) is 0 Å². The monoisotopic (exact) mass is 272 g/mol. The molecule has 0 bridgehead atoms. The highest BCUT2D eigenvalue weighted by atomic mass is 16.7. The molecule has 0 radical (unpaired) electrons. The lowest BCUT2D eigenvalue weighted by Crippen LogP contribution is -2.05. The first-order valence-electron chi connectivity index (χ1n) is 6.40. The van der Waals surface area contributed by atoms with Crippen molar-refractivity contribution in [1.29, 1.82) is 0 Å². The predicted molar refractivity (Wildman–Crippen MR) is 76.2 cm³/mol. The maximum Gasteiger partial charge on any atom is 0.231 e. The van der Waals surface area contributed by atoms with Gasteiger partial charge in [-0.25, -0.2) is 4.98 Å². The van der Waals surface area contributed by atoms with Crippen LogP contribution in [-0.2, 0) is 6.54 Å². The lowest BCUT2D eigenvalue weighted by molar-refractivity contribution is 0.174. The Hall–Kier alpha value is -2.50. The summed E-state index contributed by atoms with van der Waals surface area (Å²) in [5, 5.41) is 6.22. The van der Waals surface area contributed by atoms with Gasteiger partial charge in [-0.2, -0.15) is 4.98 Å². The van der Waals surface area contributed by atoms with Crippen LogP contribution in [0.5, 0.6) is 11.5 Å². The van der Waals surface area contributed by atoms with Crippen LogP contribution in [-0.4, -0.2) is 23.8 Å². The molecule has 1 aliphatic heterocycles. The van der Waals surface area contributed by atoms with E-state index in [1.807, 2.05) is 31.2 Å². The molecule has 6 heteroatoms. The minimum Gasteiger partial charge on any atom is -0.454 e. The van der Waals surface area contributed by atoms with Crippen LogP contribution in [0, 0.1) is 6.92 Å². The molecule has 6 nitrogen and oxygen atoms in total. The second-order valence-corrected chi connectivity index (χ2v) is 4.51. The zero-order chi connectivity index (χ0) is 13.9. The summed E-state index contributed by atoms with van der Waals surface area (Å²) >= 11 is 0. The highest BCUT2D eigenvalue weighted by Gasteiger charge is 2.13. The van der Waals surface area contributed by atoms with E-state index in [-0.39, 0.29) is 0 Å². The van der Waals surface area contributed by atoms with E-state index in [9.17, 15) is 0 Å². The Bertz CT molecular complexity index is 631. The molecule has 1 aliphatic rings. The van der Waals surface area contributed by atoms with Gasteiger partial charge in [-0.1, -0.05) is 6.07 Å². The van der Waals surface area contributed by atoms with Gasteiger partial charge < -0.3 is 20.1 Å². The molecule has 2 heterocycles. The Labute approximate surface area is 117 Å². The molecule has 0 spiro atoms. The average molecular weight is 272 g/mol. The molecule has 0 saturated carbocycles. The van der Waals surface area contributed by atoms with E-state index in [0.29, 0.717) is 19.3 Å². The van der Waals surface area contributed by atoms with Crippen molar-refractivity contribution < 1.29 is 9.47 Å². The molecule has 0 fully saturated rings. The third kappa shape index (κ3) is 2.59. The Morgan fingerprint density at radius 1 is 1.15 bits per heavy atom. The standard InChI is InChI=1S/C14H16N4O2/c1-9-5-13(18-14(15-2)17-9)16-7-10-3-4-11-12(6-10)20-8-19-11/h3-6H,7-8H2,1-2H3,(H2,15,16,17,18). The third-order valence-corrected chi connectivity index (χ3v) is 2.99. The molecular weight excluding hydrogens is 256 g/mol. The van der Waals surface area contributed by atoms with Gasteiger partial charge in [-0.15, -0.1) is 0 Å². The zero-order valence-corrected chi connectivity index (χ0v) is 11.4. The molecule has 1 aromatic carbocycles. The zero-order valence-electron chi connectivity index (χ0n) is 11.4. The molecule has 20 heavy (non-hydrogen) atoms. The van der Waals surface area contributed by atoms with Crippen LogP contribution in [0.2, 0.25) is 0 Å². The highest BCUT2D eigenvalue weighted by Crippen LogP contribution is 2.32. The molecule has 2 N–H and O–H groups in total. The van der Waals surface area contributed by atoms with E-state index in [4.69, 9.17) is 9.47 Å². The van der Waals surface area contributed by atoms with Crippen LogP contribution >= 0.6 is 0 Å². The molecule has 0 saturated heterocycles. The molecule has 0 amide bonds. The average Bonchev–Trinajstić information content (AvgIpc) is 2.92. The summed E-state index contributed by atoms with van der Waals surface area (Å²) < 4.78 is 10.7. The number of aryl methyl sites for hydroxylation is 1. The van der Waals surface area contributed by atoms with Crippen molar-refractivity contribution >= 4 is 11.8 Å². The minimum atomic E-state index is 0.294. The van der Waals surface area contributed by atoms with Crippen molar-refractivity contribution in [1.82, 2.24) is 9.97 Å². The van der Waals surface area contributed by atoms with Gasteiger partial charge in [0, 0.05) is 25.4 Å². The number of benzene rings is 1. The van der Waals surface area contributed by atoms with Crippen molar-refractivity contribution in [2.24, 2.45) is 0 Å². The summed E-state index contributed by atoms with van der Waals surface area (Å²) in [4.78, 5) is 8.61. The van der Waals surface area contributed by atoms with Crippen LogP contribution in [0.1, 0.15) is 11.3 Å². The number of ether oxygens (including phenoxy) is 2. The van der Waals surface area contributed by atoms with E-state index in [0.717, 1.165) is 28.6 Å². The fourth-order valence-corrected chi connectivity index (χ4v) is 2.01. The van der Waals surface area contributed by atoms with Crippen molar-refractivity contribution in [3.05, 3.63) is 35.5 Å². The maximum absolute atomic E-state index is 5.36. The lowest BCUT2D eigenvalue weighted by Gasteiger charge is -2.08. The Morgan fingerprint density at radius 3 is 2.85 bits per heavy atom. The van der Waals surface area contributed by atoms with Gasteiger partial charge in [0.05, 0.1) is 0 Å². The normalized spacial score (nSPS) is 12.3. The van der Waals surface area contributed by atoms with E-state index in [2.05, 4.69) is 20.6 Å². The minimum absolute atomic E-state index is 0.294. The van der Waals surface area contributed by atoms with Gasteiger partial charge in [0.2, 0.25) is 12.7 Å². The Balaban J connectivity index is 1.71. The quantitative estimate of drug-likeness (QED) is 0.889. The second kappa shape index (κ2) is 5.24. The van der Waals surface area contributed by atoms with Gasteiger partial charge in [0.15, 0.2) is 11.5 Å². The first-order chi connectivity index (χ1) is 9.74. The molecule has 0 atom stereocenters. The largest absolute Gasteiger partial charge is 0.454 e. The number of fused-ring (bicyclic) bond motifs is 1. The van der Waals surface area contributed by atoms with E-state index >= 15 is 0 Å². The first-order valence-corrected chi connectivity index (χ1v) is 6.40. The molecular formula is C14H16N4O2. The Morgan fingerprint density at radius 2 is 2.00 bits per heavy atom. The number of anilines is 2. The van der Waals surface area contributed by atoms with Gasteiger partial charge in [-0.3, -0.25) is 0 Å². The maximum atomic E-state index is 5.36. The van der Waals surface area contributed by atoms with Gasteiger partial charge in [0.25, 0.3) is 0 Å². The second-order valence-electron chi connectivity index (χ2n) is 4.51. The topological polar surface area (TPSA) is 68.3 Å². The van der Waals surface area contributed by atoms with Gasteiger partial charge in [0.1, 0.15) is 5.82 Å². The summed E-state index contributed by atoms with van der Waals surface area (Å²) in [5.41, 5.74) is 2.02. The summed E-state index contributed by atoms with van der Waals surface area (Å²) in [7, 11) is 1.80. The van der Waals surface area contributed by atoms with Gasteiger partial charge in [-0.05, 0) is 24.6 Å². The first kappa shape index (κ1) is 12.5. The number of nitrogens with zero attached hydrogens (tertiary/aromatic N) is 2. The predicted octanol–water partition coefficient (Wildman–Crippen LogP) is 2.17. The van der Waals surface area contributed by atoms with Gasteiger partial charge >= 0.3 is 0 Å². The summed E-state index contributed by atoms with van der Waals surface area (Å²) in [5.74, 6) is 2.99. The fraction of sp³-hybridized carbons (Fsp3) is 0.286.